The zero-order valence-electron chi connectivity index (χ0n) is 15.6. The molecule has 7 heteroatoms. The molecule has 0 bridgehead atoms. The summed E-state index contributed by atoms with van der Waals surface area (Å²) in [4.78, 5) is 37.1. The molecular weight excluding hydrogens is 334 g/mol. The minimum atomic E-state index is -0.512. The molecule has 1 aliphatic rings. The second-order valence-corrected chi connectivity index (χ2v) is 7.56. The average Bonchev–Trinajstić information content (AvgIpc) is 2.58. The van der Waals surface area contributed by atoms with Crippen molar-refractivity contribution in [2.24, 2.45) is 11.7 Å². The van der Waals surface area contributed by atoms with Crippen LogP contribution in [-0.4, -0.2) is 48.0 Å². The van der Waals surface area contributed by atoms with Crippen LogP contribution < -0.4 is 11.1 Å². The number of nitrogens with zero attached hydrogens (tertiary/aromatic N) is 1. The van der Waals surface area contributed by atoms with Crippen LogP contribution in [0.1, 0.15) is 54.3 Å². The SMILES string of the molecule is CC(C)(C)OC(=O)NCC1CCN(C(=O)c2ccc(C(N)=O)cc2)CC1. The number of carbonyl (C=O) groups excluding carboxylic acids is 3. The van der Waals surface area contributed by atoms with Crippen LogP contribution >= 0.6 is 0 Å². The van der Waals surface area contributed by atoms with Gasteiger partial charge >= 0.3 is 6.09 Å². The van der Waals surface area contributed by atoms with E-state index < -0.39 is 17.6 Å². The normalized spacial score (nSPS) is 15.4. The summed E-state index contributed by atoms with van der Waals surface area (Å²) in [5.41, 5.74) is 5.62. The smallest absolute Gasteiger partial charge is 0.407 e. The number of amides is 3. The third-order valence-corrected chi connectivity index (χ3v) is 4.25. The molecule has 0 unspecified atom stereocenters. The number of hydrogen-bond donors (Lipinski definition) is 2. The van der Waals surface area contributed by atoms with E-state index >= 15 is 0 Å². The second kappa shape index (κ2) is 8.21. The zero-order valence-corrected chi connectivity index (χ0v) is 15.6. The minimum Gasteiger partial charge on any atom is -0.444 e. The first kappa shape index (κ1) is 19.8. The molecule has 0 aliphatic carbocycles. The zero-order chi connectivity index (χ0) is 19.3. The van der Waals surface area contributed by atoms with Crippen molar-refractivity contribution in [2.45, 2.75) is 39.2 Å². The highest BCUT2D eigenvalue weighted by molar-refractivity contribution is 5.97. The Bertz CT molecular complexity index is 656. The van der Waals surface area contributed by atoms with E-state index in [1.165, 1.54) is 0 Å². The fourth-order valence-corrected chi connectivity index (χ4v) is 2.84. The van der Waals surface area contributed by atoms with E-state index in [0.29, 0.717) is 36.7 Å². The molecule has 7 nitrogen and oxygen atoms in total. The first-order valence-electron chi connectivity index (χ1n) is 8.82. The average molecular weight is 361 g/mol. The van der Waals surface area contributed by atoms with E-state index in [1.54, 1.807) is 29.2 Å². The van der Waals surface area contributed by atoms with Crippen LogP contribution in [0.5, 0.6) is 0 Å². The van der Waals surface area contributed by atoms with Gasteiger partial charge in [-0.2, -0.15) is 0 Å². The molecule has 1 heterocycles. The molecule has 1 fully saturated rings. The van der Waals surface area contributed by atoms with Crippen LogP contribution in [0.4, 0.5) is 4.79 Å². The van der Waals surface area contributed by atoms with Gasteiger partial charge in [0.2, 0.25) is 5.91 Å². The number of primary amides is 1. The largest absolute Gasteiger partial charge is 0.444 e. The van der Waals surface area contributed by atoms with Crippen LogP contribution in [0.15, 0.2) is 24.3 Å². The summed E-state index contributed by atoms with van der Waals surface area (Å²) in [6, 6.07) is 6.37. The Morgan fingerprint density at radius 1 is 1.12 bits per heavy atom. The maximum Gasteiger partial charge on any atom is 0.407 e. The molecule has 0 atom stereocenters. The van der Waals surface area contributed by atoms with E-state index in [1.807, 2.05) is 20.8 Å². The standard InChI is InChI=1S/C19H27N3O4/c1-19(2,3)26-18(25)21-12-13-8-10-22(11-9-13)17(24)15-6-4-14(5-7-15)16(20)23/h4-7,13H,8-12H2,1-3H3,(H2,20,23)(H,21,25). The summed E-state index contributed by atoms with van der Waals surface area (Å²) in [6.45, 7) is 7.30. The third-order valence-electron chi connectivity index (χ3n) is 4.25. The van der Waals surface area contributed by atoms with Crippen molar-refractivity contribution in [1.82, 2.24) is 10.2 Å². The van der Waals surface area contributed by atoms with Crippen molar-refractivity contribution in [3.63, 3.8) is 0 Å². The summed E-state index contributed by atoms with van der Waals surface area (Å²) in [5, 5.41) is 2.79. The van der Waals surface area contributed by atoms with Gasteiger partial charge in [-0.3, -0.25) is 9.59 Å². The van der Waals surface area contributed by atoms with E-state index in [-0.39, 0.29) is 5.91 Å². The Morgan fingerprint density at radius 3 is 2.15 bits per heavy atom. The molecule has 3 N–H and O–H groups in total. The van der Waals surface area contributed by atoms with Gasteiger partial charge in [-0.15, -0.1) is 0 Å². The van der Waals surface area contributed by atoms with Gasteiger partial charge in [-0.1, -0.05) is 0 Å². The minimum absolute atomic E-state index is 0.0560. The number of ether oxygens (including phenoxy) is 1. The lowest BCUT2D eigenvalue weighted by Crippen LogP contribution is -2.42. The van der Waals surface area contributed by atoms with Crippen molar-refractivity contribution in [2.75, 3.05) is 19.6 Å². The van der Waals surface area contributed by atoms with E-state index in [4.69, 9.17) is 10.5 Å². The van der Waals surface area contributed by atoms with E-state index in [2.05, 4.69) is 5.32 Å². The number of hydrogen-bond acceptors (Lipinski definition) is 4. The van der Waals surface area contributed by atoms with Crippen molar-refractivity contribution in [3.05, 3.63) is 35.4 Å². The van der Waals surface area contributed by atoms with Crippen molar-refractivity contribution < 1.29 is 19.1 Å². The molecule has 0 aromatic heterocycles. The van der Waals surface area contributed by atoms with Crippen molar-refractivity contribution in [1.29, 1.82) is 0 Å². The van der Waals surface area contributed by atoms with Gasteiger partial charge in [0.05, 0.1) is 0 Å². The quantitative estimate of drug-likeness (QED) is 0.858. The Balaban J connectivity index is 1.79. The Labute approximate surface area is 153 Å². The van der Waals surface area contributed by atoms with Crippen LogP contribution in [0.25, 0.3) is 0 Å². The number of likely N-dealkylation sites (tertiary alicyclic amines) is 1. The maximum atomic E-state index is 12.5. The van der Waals surface area contributed by atoms with Crippen LogP contribution in [0, 0.1) is 5.92 Å². The lowest BCUT2D eigenvalue weighted by atomic mass is 9.96. The Kier molecular flexibility index (Phi) is 6.23. The van der Waals surface area contributed by atoms with Gasteiger partial charge in [0.15, 0.2) is 0 Å². The third kappa shape index (κ3) is 5.75. The fraction of sp³-hybridized carbons (Fsp3) is 0.526. The van der Waals surface area contributed by atoms with Gasteiger partial charge in [0.25, 0.3) is 5.91 Å². The van der Waals surface area contributed by atoms with Gasteiger partial charge in [-0.05, 0) is 63.8 Å². The van der Waals surface area contributed by atoms with Crippen LogP contribution in [0.3, 0.4) is 0 Å². The molecule has 1 aliphatic heterocycles. The first-order valence-corrected chi connectivity index (χ1v) is 8.82. The molecule has 0 radical (unpaired) electrons. The summed E-state index contributed by atoms with van der Waals surface area (Å²) in [7, 11) is 0. The highest BCUT2D eigenvalue weighted by Crippen LogP contribution is 2.19. The molecule has 26 heavy (non-hydrogen) atoms. The van der Waals surface area contributed by atoms with E-state index in [9.17, 15) is 14.4 Å². The summed E-state index contributed by atoms with van der Waals surface area (Å²) >= 11 is 0. The molecule has 0 saturated carbocycles. The number of benzene rings is 1. The topological polar surface area (TPSA) is 102 Å². The molecule has 2 rings (SSSR count). The van der Waals surface area contributed by atoms with Gasteiger partial charge < -0.3 is 20.7 Å². The second-order valence-electron chi connectivity index (χ2n) is 7.56. The molecule has 0 spiro atoms. The van der Waals surface area contributed by atoms with Crippen molar-refractivity contribution in [3.8, 4) is 0 Å². The van der Waals surface area contributed by atoms with Crippen LogP contribution in [-0.2, 0) is 4.74 Å². The van der Waals surface area contributed by atoms with Gasteiger partial charge in [-0.25, -0.2) is 4.79 Å². The van der Waals surface area contributed by atoms with Gasteiger partial charge in [0.1, 0.15) is 5.60 Å². The fourth-order valence-electron chi connectivity index (χ4n) is 2.84. The number of rotatable bonds is 4. The predicted octanol–water partition coefficient (Wildman–Crippen LogP) is 2.16. The number of nitrogens with one attached hydrogen (secondary N) is 1. The molecular formula is C19H27N3O4. The summed E-state index contributed by atoms with van der Waals surface area (Å²) < 4.78 is 5.22. The Morgan fingerprint density at radius 2 is 1.65 bits per heavy atom. The summed E-state index contributed by atoms with van der Waals surface area (Å²) in [5.74, 6) is -0.245. The van der Waals surface area contributed by atoms with Crippen molar-refractivity contribution >= 4 is 17.9 Å². The Hall–Kier alpha value is -2.57. The highest BCUT2D eigenvalue weighted by Gasteiger charge is 2.24. The first-order chi connectivity index (χ1) is 12.2. The number of nitrogens with two attached hydrogens (primary N) is 1. The number of carbonyl (C=O) groups is 3. The molecule has 1 aromatic carbocycles. The summed E-state index contributed by atoms with van der Waals surface area (Å²) in [6.07, 6.45) is 1.23. The van der Waals surface area contributed by atoms with E-state index in [0.717, 1.165) is 12.8 Å². The maximum absolute atomic E-state index is 12.5. The number of alkyl carbamates (subject to hydrolysis) is 1. The highest BCUT2D eigenvalue weighted by atomic mass is 16.6. The predicted molar refractivity (Wildman–Crippen MR) is 97.8 cm³/mol. The number of piperidine rings is 1. The van der Waals surface area contributed by atoms with Gasteiger partial charge in [0, 0.05) is 30.8 Å². The monoisotopic (exact) mass is 361 g/mol. The molecule has 3 amide bonds. The van der Waals surface area contributed by atoms with Crippen LogP contribution in [0.2, 0.25) is 0 Å². The molecule has 1 saturated heterocycles. The molecule has 1 aromatic rings. The lowest BCUT2D eigenvalue weighted by Gasteiger charge is -2.32. The lowest BCUT2D eigenvalue weighted by molar-refractivity contribution is 0.0500. The molecule has 142 valence electrons.